The first-order chi connectivity index (χ1) is 9.10. The highest BCUT2D eigenvalue weighted by Crippen LogP contribution is 2.40. The van der Waals surface area contributed by atoms with Crippen molar-refractivity contribution in [2.45, 2.75) is 32.2 Å². The number of piperidine rings is 1. The number of anilines is 1. The Bertz CT molecular complexity index is 473. The number of rotatable bonds is 2. The smallest absolute Gasteiger partial charge is 0.231 e. The summed E-state index contributed by atoms with van der Waals surface area (Å²) in [6, 6.07) is 6.22. The zero-order valence-corrected chi connectivity index (χ0v) is 11.7. The van der Waals surface area contributed by atoms with E-state index in [4.69, 9.17) is 15.2 Å². The van der Waals surface area contributed by atoms with Gasteiger partial charge in [0.1, 0.15) is 0 Å². The SMILES string of the molecule is CC1(C)CC(CN)CCN1c1ccc2c(c1)OCO2. The molecule has 2 aliphatic heterocycles. The van der Waals surface area contributed by atoms with E-state index in [0.29, 0.717) is 12.7 Å². The zero-order valence-electron chi connectivity index (χ0n) is 11.7. The van der Waals surface area contributed by atoms with E-state index in [0.717, 1.165) is 37.4 Å². The normalized spacial score (nSPS) is 24.6. The van der Waals surface area contributed by atoms with E-state index in [-0.39, 0.29) is 5.54 Å². The maximum Gasteiger partial charge on any atom is 0.231 e. The Morgan fingerprint density at radius 3 is 2.84 bits per heavy atom. The van der Waals surface area contributed by atoms with Crippen LogP contribution >= 0.6 is 0 Å². The van der Waals surface area contributed by atoms with Crippen molar-refractivity contribution < 1.29 is 9.47 Å². The van der Waals surface area contributed by atoms with Crippen molar-refractivity contribution in [3.05, 3.63) is 18.2 Å². The van der Waals surface area contributed by atoms with Gasteiger partial charge in [0.2, 0.25) is 6.79 Å². The monoisotopic (exact) mass is 262 g/mol. The van der Waals surface area contributed by atoms with Gasteiger partial charge in [-0.3, -0.25) is 0 Å². The maximum absolute atomic E-state index is 5.83. The molecule has 0 radical (unpaired) electrons. The molecule has 0 aromatic heterocycles. The van der Waals surface area contributed by atoms with E-state index in [1.807, 2.05) is 6.07 Å². The van der Waals surface area contributed by atoms with Crippen LogP contribution in [0.15, 0.2) is 18.2 Å². The topological polar surface area (TPSA) is 47.7 Å². The molecule has 1 saturated heterocycles. The van der Waals surface area contributed by atoms with Crippen LogP contribution in [-0.4, -0.2) is 25.4 Å². The number of ether oxygens (including phenoxy) is 2. The Morgan fingerprint density at radius 2 is 2.11 bits per heavy atom. The average Bonchev–Trinajstić information content (AvgIpc) is 2.84. The fourth-order valence-corrected chi connectivity index (χ4v) is 3.27. The van der Waals surface area contributed by atoms with Crippen LogP contribution in [0.5, 0.6) is 11.5 Å². The molecule has 1 unspecified atom stereocenters. The van der Waals surface area contributed by atoms with Crippen LogP contribution in [0.1, 0.15) is 26.7 Å². The number of nitrogens with two attached hydrogens (primary N) is 1. The molecule has 0 spiro atoms. The summed E-state index contributed by atoms with van der Waals surface area (Å²) in [5.74, 6) is 2.34. The van der Waals surface area contributed by atoms with E-state index < -0.39 is 0 Å². The molecule has 104 valence electrons. The van der Waals surface area contributed by atoms with Gasteiger partial charge in [0.05, 0.1) is 0 Å². The minimum atomic E-state index is 0.135. The predicted molar refractivity (Wildman–Crippen MR) is 75.8 cm³/mol. The van der Waals surface area contributed by atoms with Gasteiger partial charge in [0.15, 0.2) is 11.5 Å². The Labute approximate surface area is 114 Å². The van der Waals surface area contributed by atoms with Crippen LogP contribution in [0.2, 0.25) is 0 Å². The first-order valence-electron chi connectivity index (χ1n) is 6.97. The van der Waals surface area contributed by atoms with Gasteiger partial charge < -0.3 is 20.1 Å². The lowest BCUT2D eigenvalue weighted by Crippen LogP contribution is -2.51. The summed E-state index contributed by atoms with van der Waals surface area (Å²) >= 11 is 0. The molecule has 1 atom stereocenters. The average molecular weight is 262 g/mol. The third kappa shape index (κ3) is 2.25. The molecular weight excluding hydrogens is 240 g/mol. The number of hydrogen-bond donors (Lipinski definition) is 1. The van der Waals surface area contributed by atoms with E-state index in [9.17, 15) is 0 Å². The largest absolute Gasteiger partial charge is 0.454 e. The van der Waals surface area contributed by atoms with Gasteiger partial charge in [-0.2, -0.15) is 0 Å². The maximum atomic E-state index is 5.83. The van der Waals surface area contributed by atoms with Crippen molar-refractivity contribution in [2.24, 2.45) is 11.7 Å². The van der Waals surface area contributed by atoms with Gasteiger partial charge in [-0.15, -0.1) is 0 Å². The number of hydrogen-bond acceptors (Lipinski definition) is 4. The van der Waals surface area contributed by atoms with Crippen molar-refractivity contribution >= 4 is 5.69 Å². The third-order valence-corrected chi connectivity index (χ3v) is 4.28. The second-order valence-corrected chi connectivity index (χ2v) is 6.10. The summed E-state index contributed by atoms with van der Waals surface area (Å²) in [5.41, 5.74) is 7.17. The third-order valence-electron chi connectivity index (χ3n) is 4.28. The van der Waals surface area contributed by atoms with E-state index in [2.05, 4.69) is 30.9 Å². The van der Waals surface area contributed by atoms with Crippen LogP contribution in [0.25, 0.3) is 0 Å². The Balaban J connectivity index is 1.85. The lowest BCUT2D eigenvalue weighted by molar-refractivity contribution is 0.174. The Morgan fingerprint density at radius 1 is 1.32 bits per heavy atom. The molecule has 2 aliphatic rings. The quantitative estimate of drug-likeness (QED) is 0.889. The second-order valence-electron chi connectivity index (χ2n) is 6.10. The standard InChI is InChI=1S/C15H22N2O2/c1-15(2)8-11(9-16)5-6-17(15)12-3-4-13-14(7-12)19-10-18-13/h3-4,7,11H,5-6,8-10,16H2,1-2H3. The molecule has 3 rings (SSSR count). The fourth-order valence-electron chi connectivity index (χ4n) is 3.27. The molecule has 2 N–H and O–H groups in total. The van der Waals surface area contributed by atoms with Crippen LogP contribution < -0.4 is 20.1 Å². The summed E-state index contributed by atoms with van der Waals surface area (Å²) < 4.78 is 10.8. The molecular formula is C15H22N2O2. The molecule has 0 saturated carbocycles. The molecule has 2 heterocycles. The molecule has 0 amide bonds. The van der Waals surface area contributed by atoms with Crippen molar-refractivity contribution in [1.29, 1.82) is 0 Å². The molecule has 4 nitrogen and oxygen atoms in total. The first-order valence-corrected chi connectivity index (χ1v) is 6.97. The van der Waals surface area contributed by atoms with Gasteiger partial charge in [-0.1, -0.05) is 0 Å². The fraction of sp³-hybridized carbons (Fsp3) is 0.600. The molecule has 4 heteroatoms. The summed E-state index contributed by atoms with van der Waals surface area (Å²) in [4.78, 5) is 2.46. The van der Waals surface area contributed by atoms with Crippen molar-refractivity contribution in [3.8, 4) is 11.5 Å². The summed E-state index contributed by atoms with van der Waals surface area (Å²) in [5, 5.41) is 0. The molecule has 19 heavy (non-hydrogen) atoms. The van der Waals surface area contributed by atoms with Crippen LogP contribution in [0, 0.1) is 5.92 Å². The molecule has 1 aromatic rings. The Kier molecular flexibility index (Phi) is 3.05. The lowest BCUT2D eigenvalue weighted by Gasteiger charge is -2.47. The lowest BCUT2D eigenvalue weighted by atomic mass is 9.82. The second kappa shape index (κ2) is 4.60. The van der Waals surface area contributed by atoms with E-state index in [1.54, 1.807) is 0 Å². The van der Waals surface area contributed by atoms with E-state index >= 15 is 0 Å². The summed E-state index contributed by atoms with van der Waals surface area (Å²) in [6.07, 6.45) is 2.30. The van der Waals surface area contributed by atoms with Gasteiger partial charge in [-0.05, 0) is 51.3 Å². The minimum absolute atomic E-state index is 0.135. The first kappa shape index (κ1) is 12.6. The molecule has 0 aliphatic carbocycles. The van der Waals surface area contributed by atoms with Gasteiger partial charge in [-0.25, -0.2) is 0 Å². The highest BCUT2D eigenvalue weighted by Gasteiger charge is 2.34. The van der Waals surface area contributed by atoms with Gasteiger partial charge >= 0.3 is 0 Å². The number of benzene rings is 1. The van der Waals surface area contributed by atoms with Crippen LogP contribution in [0.3, 0.4) is 0 Å². The zero-order chi connectivity index (χ0) is 13.5. The molecule has 1 aromatic carbocycles. The Hall–Kier alpha value is -1.42. The van der Waals surface area contributed by atoms with Gasteiger partial charge in [0.25, 0.3) is 0 Å². The van der Waals surface area contributed by atoms with E-state index in [1.165, 1.54) is 5.69 Å². The predicted octanol–water partition coefficient (Wildman–Crippen LogP) is 2.37. The van der Waals surface area contributed by atoms with Crippen molar-refractivity contribution in [2.75, 3.05) is 24.8 Å². The number of fused-ring (bicyclic) bond motifs is 1. The number of nitrogens with zero attached hydrogens (tertiary/aromatic N) is 1. The van der Waals surface area contributed by atoms with Crippen molar-refractivity contribution in [3.63, 3.8) is 0 Å². The highest BCUT2D eigenvalue weighted by molar-refractivity contribution is 5.58. The van der Waals surface area contributed by atoms with Gasteiger partial charge in [0, 0.05) is 23.8 Å². The minimum Gasteiger partial charge on any atom is -0.454 e. The summed E-state index contributed by atoms with van der Waals surface area (Å²) in [7, 11) is 0. The summed E-state index contributed by atoms with van der Waals surface area (Å²) in [6.45, 7) is 6.75. The highest BCUT2D eigenvalue weighted by atomic mass is 16.7. The van der Waals surface area contributed by atoms with Crippen LogP contribution in [-0.2, 0) is 0 Å². The van der Waals surface area contributed by atoms with Crippen molar-refractivity contribution in [1.82, 2.24) is 0 Å². The molecule has 1 fully saturated rings. The molecule has 0 bridgehead atoms. The van der Waals surface area contributed by atoms with Crippen LogP contribution in [0.4, 0.5) is 5.69 Å².